The van der Waals surface area contributed by atoms with Crippen LogP contribution in [-0.2, 0) is 0 Å². The molecule has 0 bridgehead atoms. The van der Waals surface area contributed by atoms with Crippen molar-refractivity contribution in [2.75, 3.05) is 13.2 Å². The minimum Gasteiger partial charge on any atom is -0.504 e. The summed E-state index contributed by atoms with van der Waals surface area (Å²) in [6.45, 7) is 4.67. The molecule has 36 heavy (non-hydrogen) atoms. The maximum atomic E-state index is 9.86. The van der Waals surface area contributed by atoms with Crippen molar-refractivity contribution in [3.63, 3.8) is 0 Å². The van der Waals surface area contributed by atoms with Gasteiger partial charge >= 0.3 is 0 Å². The molecular formula is C26H22N4O4S2. The van der Waals surface area contributed by atoms with E-state index in [-0.39, 0.29) is 11.5 Å². The number of aromatic hydroxyl groups is 2. The molecule has 2 N–H and O–H groups in total. The molecule has 2 heterocycles. The minimum absolute atomic E-state index is 0.101. The quantitative estimate of drug-likeness (QED) is 0.224. The molecule has 5 rings (SSSR count). The van der Waals surface area contributed by atoms with E-state index in [2.05, 4.69) is 20.0 Å². The van der Waals surface area contributed by atoms with Crippen LogP contribution in [0.3, 0.4) is 0 Å². The van der Waals surface area contributed by atoms with Crippen LogP contribution in [0.2, 0.25) is 0 Å². The number of phenols is 2. The third kappa shape index (κ3) is 5.14. The van der Waals surface area contributed by atoms with Crippen LogP contribution in [0.15, 0.2) is 58.5 Å². The summed E-state index contributed by atoms with van der Waals surface area (Å²) in [4.78, 5) is 18.3. The van der Waals surface area contributed by atoms with Crippen molar-refractivity contribution in [3.8, 4) is 23.0 Å². The first kappa shape index (κ1) is 23.7. The molecule has 0 saturated carbocycles. The summed E-state index contributed by atoms with van der Waals surface area (Å²) in [6.07, 6.45) is 3.40. The van der Waals surface area contributed by atoms with E-state index in [1.165, 1.54) is 22.7 Å². The highest BCUT2D eigenvalue weighted by Crippen LogP contribution is 2.36. The van der Waals surface area contributed by atoms with E-state index in [0.717, 1.165) is 31.6 Å². The molecule has 3 aromatic carbocycles. The highest BCUT2D eigenvalue weighted by Gasteiger charge is 2.10. The highest BCUT2D eigenvalue weighted by atomic mass is 32.1. The monoisotopic (exact) mass is 518 g/mol. The van der Waals surface area contributed by atoms with E-state index in [1.807, 2.05) is 26.0 Å². The van der Waals surface area contributed by atoms with Gasteiger partial charge in [-0.05, 0) is 73.5 Å². The molecule has 2 aromatic heterocycles. The fraction of sp³-hybridized carbons (Fsp3) is 0.154. The Kier molecular flexibility index (Phi) is 6.79. The summed E-state index contributed by atoms with van der Waals surface area (Å²) in [6, 6.07) is 14.2. The summed E-state index contributed by atoms with van der Waals surface area (Å²) in [5, 5.41) is 21.0. The predicted octanol–water partition coefficient (Wildman–Crippen LogP) is 6.62. The number of aliphatic imine (C=N–C) groups is 2. The zero-order valence-electron chi connectivity index (χ0n) is 19.5. The van der Waals surface area contributed by atoms with E-state index >= 15 is 0 Å². The first-order valence-corrected chi connectivity index (χ1v) is 12.9. The lowest BCUT2D eigenvalue weighted by molar-refractivity contribution is 0.318. The molecule has 0 aliphatic rings. The predicted molar refractivity (Wildman–Crippen MR) is 146 cm³/mol. The maximum absolute atomic E-state index is 9.86. The molecule has 0 spiro atoms. The summed E-state index contributed by atoms with van der Waals surface area (Å²) in [5.41, 5.74) is 3.31. The third-order valence-electron chi connectivity index (χ3n) is 5.09. The molecule has 0 saturated heterocycles. The number of fused-ring (bicyclic) bond motifs is 2. The largest absolute Gasteiger partial charge is 0.504 e. The van der Waals surface area contributed by atoms with Gasteiger partial charge in [0.25, 0.3) is 0 Å². The van der Waals surface area contributed by atoms with Crippen LogP contribution in [0.4, 0.5) is 10.3 Å². The van der Waals surface area contributed by atoms with Gasteiger partial charge in [-0.1, -0.05) is 22.7 Å². The lowest BCUT2D eigenvalue weighted by Gasteiger charge is -2.05. The van der Waals surface area contributed by atoms with Crippen molar-refractivity contribution in [3.05, 3.63) is 59.7 Å². The van der Waals surface area contributed by atoms with Crippen LogP contribution in [0.1, 0.15) is 25.0 Å². The van der Waals surface area contributed by atoms with Crippen molar-refractivity contribution < 1.29 is 19.7 Å². The molecule has 0 amide bonds. The molecular weight excluding hydrogens is 496 g/mol. The first-order chi connectivity index (χ1) is 17.5. The molecule has 0 unspecified atom stereocenters. The topological polar surface area (TPSA) is 109 Å². The lowest BCUT2D eigenvalue weighted by Crippen LogP contribution is -1.93. The van der Waals surface area contributed by atoms with E-state index in [9.17, 15) is 10.2 Å². The first-order valence-electron chi connectivity index (χ1n) is 11.2. The number of rotatable bonds is 8. The van der Waals surface area contributed by atoms with Gasteiger partial charge in [0, 0.05) is 12.4 Å². The van der Waals surface area contributed by atoms with Crippen molar-refractivity contribution in [1.82, 2.24) is 9.97 Å². The Hall–Kier alpha value is -4.02. The number of ether oxygens (including phenoxy) is 2. The molecule has 182 valence electrons. The van der Waals surface area contributed by atoms with E-state index in [0.29, 0.717) is 35.0 Å². The molecule has 8 nitrogen and oxygen atoms in total. The van der Waals surface area contributed by atoms with E-state index in [4.69, 9.17) is 9.47 Å². The SMILES string of the molecule is CCOc1cc(C=Nc2nc3cc4sc(N=Cc5ccc(O)c(OCC)c5)nc4cc3s2)ccc1O. The minimum atomic E-state index is 0.101. The van der Waals surface area contributed by atoms with Gasteiger partial charge in [0.15, 0.2) is 23.0 Å². The lowest BCUT2D eigenvalue weighted by atomic mass is 10.2. The Labute approximate surface area is 214 Å². The van der Waals surface area contributed by atoms with Crippen molar-refractivity contribution >= 4 is 65.8 Å². The summed E-state index contributed by atoms with van der Waals surface area (Å²) >= 11 is 2.95. The molecule has 0 aliphatic carbocycles. The normalized spacial score (nSPS) is 11.8. The van der Waals surface area contributed by atoms with Gasteiger partial charge < -0.3 is 19.7 Å². The standard InChI is InChI=1S/C26H22N4O4S2/c1-3-33-21-9-15(5-7-19(21)31)13-27-25-29-17-11-24-18(12-23(17)35-25)30-26(36-24)28-14-16-6-8-20(32)22(10-16)34-4-2/h5-14,31-32H,3-4H2,1-2H3. The Bertz CT molecular complexity index is 1440. The summed E-state index contributed by atoms with van der Waals surface area (Å²) in [7, 11) is 0. The summed E-state index contributed by atoms with van der Waals surface area (Å²) in [5.74, 6) is 1.05. The van der Waals surface area contributed by atoms with Crippen LogP contribution in [-0.4, -0.2) is 45.8 Å². The zero-order valence-corrected chi connectivity index (χ0v) is 21.1. The van der Waals surface area contributed by atoms with Crippen LogP contribution in [0.5, 0.6) is 23.0 Å². The molecule has 10 heteroatoms. The number of thiazole rings is 2. The van der Waals surface area contributed by atoms with Crippen molar-refractivity contribution in [1.29, 1.82) is 0 Å². The Morgan fingerprint density at radius 2 is 1.17 bits per heavy atom. The molecule has 5 aromatic rings. The fourth-order valence-electron chi connectivity index (χ4n) is 3.46. The van der Waals surface area contributed by atoms with E-state index in [1.54, 1.807) is 48.8 Å². The van der Waals surface area contributed by atoms with Gasteiger partial charge in [0.2, 0.25) is 10.3 Å². The van der Waals surface area contributed by atoms with E-state index < -0.39 is 0 Å². The average Bonchev–Trinajstić information content (AvgIpc) is 3.45. The zero-order chi connectivity index (χ0) is 25.1. The van der Waals surface area contributed by atoms with Gasteiger partial charge in [-0.3, -0.25) is 0 Å². The van der Waals surface area contributed by atoms with Gasteiger partial charge in [0.05, 0.1) is 33.6 Å². The average molecular weight is 519 g/mol. The Morgan fingerprint density at radius 3 is 1.58 bits per heavy atom. The smallest absolute Gasteiger partial charge is 0.210 e. The third-order valence-corrected chi connectivity index (χ3v) is 6.94. The van der Waals surface area contributed by atoms with Gasteiger partial charge in [-0.15, -0.1) is 0 Å². The number of hydrogen-bond acceptors (Lipinski definition) is 10. The number of nitrogens with zero attached hydrogens (tertiary/aromatic N) is 4. The number of hydrogen-bond donors (Lipinski definition) is 2. The number of phenolic OH excluding ortho intramolecular Hbond substituents is 2. The molecule has 0 radical (unpaired) electrons. The van der Waals surface area contributed by atoms with Gasteiger partial charge in [-0.25, -0.2) is 20.0 Å². The number of aromatic nitrogens is 2. The van der Waals surface area contributed by atoms with Gasteiger partial charge in [-0.2, -0.15) is 0 Å². The molecule has 0 atom stereocenters. The molecule has 0 aliphatic heterocycles. The van der Waals surface area contributed by atoms with Crippen LogP contribution >= 0.6 is 22.7 Å². The highest BCUT2D eigenvalue weighted by molar-refractivity contribution is 7.23. The maximum Gasteiger partial charge on any atom is 0.210 e. The van der Waals surface area contributed by atoms with Crippen molar-refractivity contribution in [2.45, 2.75) is 13.8 Å². The second kappa shape index (κ2) is 10.3. The van der Waals surface area contributed by atoms with Crippen LogP contribution < -0.4 is 9.47 Å². The fourth-order valence-corrected chi connectivity index (χ4v) is 5.11. The summed E-state index contributed by atoms with van der Waals surface area (Å²) < 4.78 is 12.8. The molecule has 0 fully saturated rings. The second-order valence-electron chi connectivity index (χ2n) is 7.62. The second-order valence-corrected chi connectivity index (χ2v) is 9.64. The van der Waals surface area contributed by atoms with Gasteiger partial charge in [0.1, 0.15) is 0 Å². The Morgan fingerprint density at radius 1 is 0.722 bits per heavy atom. The number of benzene rings is 3. The van der Waals surface area contributed by atoms with Crippen molar-refractivity contribution in [2.24, 2.45) is 9.98 Å². The van der Waals surface area contributed by atoms with Crippen LogP contribution in [0.25, 0.3) is 20.4 Å². The van der Waals surface area contributed by atoms with Crippen LogP contribution in [0, 0.1) is 0 Å². The Balaban J connectivity index is 1.36.